The van der Waals surface area contributed by atoms with Gasteiger partial charge in [-0.25, -0.2) is 4.79 Å². The van der Waals surface area contributed by atoms with Crippen LogP contribution in [-0.4, -0.2) is 12.6 Å². The second-order valence-corrected chi connectivity index (χ2v) is 7.82. The molecule has 0 aliphatic rings. The topological polar surface area (TPSA) is 59.3 Å². The molecule has 0 spiro atoms. The van der Waals surface area contributed by atoms with Gasteiger partial charge in [-0.15, -0.1) is 0 Å². The molecule has 0 saturated heterocycles. The lowest BCUT2D eigenvalue weighted by molar-refractivity contribution is -0.137. The van der Waals surface area contributed by atoms with Gasteiger partial charge in [0, 0.05) is 10.6 Å². The molecule has 0 bridgehead atoms. The molecule has 2 aromatic rings. The van der Waals surface area contributed by atoms with Crippen molar-refractivity contribution in [3.05, 3.63) is 65.3 Å². The van der Waals surface area contributed by atoms with Crippen LogP contribution in [0.25, 0.3) is 6.08 Å². The summed E-state index contributed by atoms with van der Waals surface area (Å²) in [4.78, 5) is 11.8. The summed E-state index contributed by atoms with van der Waals surface area (Å²) < 4.78 is 12.5. The molecule has 0 aliphatic heterocycles. The number of rotatable bonds is 6. The van der Waals surface area contributed by atoms with E-state index in [1.54, 1.807) is 6.92 Å². The van der Waals surface area contributed by atoms with E-state index >= 15 is 0 Å². The molecule has 0 aromatic heterocycles. The third-order valence-corrected chi connectivity index (χ3v) is 5.25. The van der Waals surface area contributed by atoms with Crippen LogP contribution in [0, 0.1) is 18.5 Å². The minimum atomic E-state index is -0.626. The molecule has 2 aromatic carbocycles. The lowest BCUT2D eigenvalue weighted by Crippen LogP contribution is -2.06. The fourth-order valence-electron chi connectivity index (χ4n) is 2.08. The zero-order valence-corrected chi connectivity index (χ0v) is 18.8. The van der Waals surface area contributed by atoms with Crippen LogP contribution in [0.5, 0.6) is 5.75 Å². The van der Waals surface area contributed by atoms with Crippen molar-refractivity contribution >= 4 is 68.8 Å². The van der Waals surface area contributed by atoms with E-state index in [9.17, 15) is 4.79 Å². The molecule has 0 aliphatic carbocycles. The minimum absolute atomic E-state index is 0.0387. The van der Waals surface area contributed by atoms with Crippen molar-refractivity contribution in [3.8, 4) is 11.8 Å². The fourth-order valence-corrected chi connectivity index (χ4v) is 4.40. The Morgan fingerprint density at radius 3 is 2.50 bits per heavy atom. The Bertz CT molecular complexity index is 868. The zero-order valence-electron chi connectivity index (χ0n) is 13.8. The number of ether oxygens (including phenoxy) is 2. The van der Waals surface area contributed by atoms with Gasteiger partial charge in [-0.3, -0.25) is 0 Å². The van der Waals surface area contributed by atoms with Crippen LogP contribution in [0.3, 0.4) is 0 Å². The third-order valence-electron chi connectivity index (χ3n) is 3.28. The summed E-state index contributed by atoms with van der Waals surface area (Å²) in [6.45, 7) is 2.28. The number of hydrogen-bond acceptors (Lipinski definition) is 4. The van der Waals surface area contributed by atoms with E-state index in [4.69, 9.17) is 26.3 Å². The standard InChI is InChI=1S/C19H14ClI2NO3/c1-2-25-19(24)14(10-23)7-12-8-16(21)18(17(22)9-12)26-11-13-5-3-4-6-15(13)20/h3-9H,2,11H2,1H3/b14-7+. The number of halogens is 3. The summed E-state index contributed by atoms with van der Waals surface area (Å²) in [5.41, 5.74) is 1.59. The molecule has 0 radical (unpaired) electrons. The molecule has 0 amide bonds. The maximum Gasteiger partial charge on any atom is 0.348 e. The van der Waals surface area contributed by atoms with Crippen LogP contribution >= 0.6 is 56.8 Å². The maximum atomic E-state index is 11.8. The van der Waals surface area contributed by atoms with Gasteiger partial charge < -0.3 is 9.47 Å². The molecule has 2 rings (SSSR count). The van der Waals surface area contributed by atoms with Crippen LogP contribution in [-0.2, 0) is 16.1 Å². The van der Waals surface area contributed by atoms with E-state index in [-0.39, 0.29) is 12.2 Å². The average Bonchev–Trinajstić information content (AvgIpc) is 2.60. The Morgan fingerprint density at radius 2 is 1.92 bits per heavy atom. The van der Waals surface area contributed by atoms with E-state index < -0.39 is 5.97 Å². The summed E-state index contributed by atoms with van der Waals surface area (Å²) in [6.07, 6.45) is 1.51. The number of hydrogen-bond donors (Lipinski definition) is 0. The Morgan fingerprint density at radius 1 is 1.27 bits per heavy atom. The van der Waals surface area contributed by atoms with Gasteiger partial charge in [0.2, 0.25) is 0 Å². The van der Waals surface area contributed by atoms with Gasteiger partial charge in [-0.2, -0.15) is 5.26 Å². The molecule has 0 saturated carbocycles. The van der Waals surface area contributed by atoms with Gasteiger partial charge in [0.1, 0.15) is 24.0 Å². The number of carbonyl (C=O) groups excluding carboxylic acids is 1. The molecule has 0 unspecified atom stereocenters. The Hall–Kier alpha value is -1.31. The molecular weight excluding hydrogens is 579 g/mol. The summed E-state index contributed by atoms with van der Waals surface area (Å²) in [6, 6.07) is 13.1. The normalized spacial score (nSPS) is 11.0. The monoisotopic (exact) mass is 593 g/mol. The van der Waals surface area contributed by atoms with Crippen molar-refractivity contribution < 1.29 is 14.3 Å². The highest BCUT2D eigenvalue weighted by Crippen LogP contribution is 2.31. The number of benzene rings is 2. The zero-order chi connectivity index (χ0) is 19.1. The Kier molecular flexibility index (Phi) is 8.18. The molecule has 4 nitrogen and oxygen atoms in total. The van der Waals surface area contributed by atoms with Gasteiger partial charge in [-0.05, 0) is 81.9 Å². The lowest BCUT2D eigenvalue weighted by atomic mass is 10.1. The van der Waals surface area contributed by atoms with Crippen LogP contribution in [0.15, 0.2) is 42.0 Å². The van der Waals surface area contributed by atoms with Crippen LogP contribution in [0.2, 0.25) is 5.02 Å². The Balaban J connectivity index is 2.24. The van der Waals surface area contributed by atoms with Crippen LogP contribution < -0.4 is 4.74 Å². The van der Waals surface area contributed by atoms with Crippen molar-refractivity contribution in [1.29, 1.82) is 5.26 Å². The maximum absolute atomic E-state index is 11.8. The van der Waals surface area contributed by atoms with Crippen molar-refractivity contribution in [3.63, 3.8) is 0 Å². The molecule has 7 heteroatoms. The van der Waals surface area contributed by atoms with Crippen LogP contribution in [0.1, 0.15) is 18.1 Å². The van der Waals surface area contributed by atoms with Crippen molar-refractivity contribution in [1.82, 2.24) is 0 Å². The lowest BCUT2D eigenvalue weighted by Gasteiger charge is -2.12. The smallest absolute Gasteiger partial charge is 0.348 e. The second-order valence-electron chi connectivity index (χ2n) is 5.08. The first-order valence-corrected chi connectivity index (χ1v) is 10.1. The van der Waals surface area contributed by atoms with Crippen molar-refractivity contribution in [2.45, 2.75) is 13.5 Å². The number of esters is 1. The quantitative estimate of drug-likeness (QED) is 0.190. The van der Waals surface area contributed by atoms with E-state index in [1.165, 1.54) is 6.08 Å². The molecule has 0 fully saturated rings. The summed E-state index contributed by atoms with van der Waals surface area (Å²) in [5.74, 6) is 0.108. The molecule has 0 N–H and O–H groups in total. The molecular formula is C19H14ClI2NO3. The SMILES string of the molecule is CCOC(=O)/C(C#N)=C/c1cc(I)c(OCc2ccccc2Cl)c(I)c1. The Labute approximate surface area is 184 Å². The number of carbonyl (C=O) groups is 1. The van der Waals surface area contributed by atoms with Crippen molar-refractivity contribution in [2.75, 3.05) is 6.61 Å². The predicted molar refractivity (Wildman–Crippen MR) is 118 cm³/mol. The molecule has 0 atom stereocenters. The summed E-state index contributed by atoms with van der Waals surface area (Å²) >= 11 is 10.5. The van der Waals surface area contributed by atoms with Gasteiger partial charge in [0.25, 0.3) is 0 Å². The summed E-state index contributed by atoms with van der Waals surface area (Å²) in [5, 5.41) is 9.81. The van der Waals surface area contributed by atoms with Gasteiger partial charge in [0.05, 0.1) is 13.7 Å². The highest BCUT2D eigenvalue weighted by Gasteiger charge is 2.13. The van der Waals surface area contributed by atoms with Gasteiger partial charge in [-0.1, -0.05) is 29.8 Å². The van der Waals surface area contributed by atoms with Gasteiger partial charge >= 0.3 is 5.97 Å². The molecule has 26 heavy (non-hydrogen) atoms. The van der Waals surface area contributed by atoms with E-state index in [0.717, 1.165) is 24.0 Å². The number of nitrogens with zero attached hydrogens (tertiary/aromatic N) is 1. The molecule has 134 valence electrons. The molecule has 0 heterocycles. The first kappa shape index (κ1) is 21.0. The highest BCUT2D eigenvalue weighted by atomic mass is 127. The highest BCUT2D eigenvalue weighted by molar-refractivity contribution is 14.1. The minimum Gasteiger partial charge on any atom is -0.487 e. The predicted octanol–water partition coefficient (Wildman–Crippen LogP) is 5.60. The van der Waals surface area contributed by atoms with Crippen molar-refractivity contribution in [2.24, 2.45) is 0 Å². The third kappa shape index (κ3) is 5.59. The average molecular weight is 594 g/mol. The first-order valence-electron chi connectivity index (χ1n) is 7.60. The first-order chi connectivity index (χ1) is 12.5. The van der Waals surface area contributed by atoms with E-state index in [0.29, 0.717) is 11.6 Å². The van der Waals surface area contributed by atoms with Crippen LogP contribution in [0.4, 0.5) is 0 Å². The fraction of sp³-hybridized carbons (Fsp3) is 0.158. The number of nitriles is 1. The summed E-state index contributed by atoms with van der Waals surface area (Å²) in [7, 11) is 0. The van der Waals surface area contributed by atoms with Gasteiger partial charge in [0.15, 0.2) is 0 Å². The second kappa shape index (κ2) is 10.1. The largest absolute Gasteiger partial charge is 0.487 e. The van der Waals surface area contributed by atoms with E-state index in [1.807, 2.05) is 42.5 Å². The van der Waals surface area contributed by atoms with E-state index in [2.05, 4.69) is 45.2 Å².